The standard InChI is InChI=1S/C15H12O/c1-10-15(16-10)13-8-4-2-6-11(13)12-7-3-5-9-14(12)15/h2-10H,1H3/t10-/m1/s1. The first-order valence-corrected chi connectivity index (χ1v) is 5.71. The molecule has 1 heteroatoms. The molecule has 2 aliphatic rings. The van der Waals surface area contributed by atoms with Gasteiger partial charge < -0.3 is 4.74 Å². The van der Waals surface area contributed by atoms with Gasteiger partial charge in [0.25, 0.3) is 0 Å². The van der Waals surface area contributed by atoms with E-state index in [0.29, 0.717) is 6.10 Å². The number of rotatable bonds is 0. The van der Waals surface area contributed by atoms with Crippen molar-refractivity contribution in [1.82, 2.24) is 0 Å². The van der Waals surface area contributed by atoms with Crippen molar-refractivity contribution in [3.63, 3.8) is 0 Å². The summed E-state index contributed by atoms with van der Waals surface area (Å²) in [5.74, 6) is 0. The SMILES string of the molecule is C[C@H]1OC12c1ccccc1-c1ccccc12. The van der Waals surface area contributed by atoms with Crippen LogP contribution in [0, 0.1) is 0 Å². The van der Waals surface area contributed by atoms with E-state index in [1.165, 1.54) is 22.3 Å². The summed E-state index contributed by atoms with van der Waals surface area (Å²) in [6.07, 6.45) is 0.303. The van der Waals surface area contributed by atoms with E-state index in [0.717, 1.165) is 0 Å². The molecule has 1 fully saturated rings. The van der Waals surface area contributed by atoms with Crippen LogP contribution in [0.15, 0.2) is 48.5 Å². The summed E-state index contributed by atoms with van der Waals surface area (Å²) >= 11 is 0. The fourth-order valence-corrected chi connectivity index (χ4v) is 3.04. The average Bonchev–Trinajstić information content (AvgIpc) is 2.93. The zero-order valence-corrected chi connectivity index (χ0v) is 9.10. The Morgan fingerprint density at radius 3 is 1.75 bits per heavy atom. The second kappa shape index (κ2) is 2.55. The maximum absolute atomic E-state index is 5.92. The van der Waals surface area contributed by atoms with Crippen LogP contribution in [0.2, 0.25) is 0 Å². The minimum absolute atomic E-state index is 0.132. The van der Waals surface area contributed by atoms with Crippen molar-refractivity contribution >= 4 is 0 Å². The lowest BCUT2D eigenvalue weighted by atomic mass is 9.94. The smallest absolute Gasteiger partial charge is 0.146 e. The maximum atomic E-state index is 5.92. The van der Waals surface area contributed by atoms with Gasteiger partial charge in [-0.25, -0.2) is 0 Å². The van der Waals surface area contributed by atoms with Gasteiger partial charge in [0, 0.05) is 0 Å². The van der Waals surface area contributed by atoms with Crippen molar-refractivity contribution in [2.45, 2.75) is 18.6 Å². The quantitative estimate of drug-likeness (QED) is 0.605. The molecule has 0 N–H and O–H groups in total. The number of ether oxygens (including phenoxy) is 1. The first-order chi connectivity index (χ1) is 7.84. The highest BCUT2D eigenvalue weighted by Crippen LogP contribution is 2.60. The minimum Gasteiger partial charge on any atom is -0.356 e. The summed E-state index contributed by atoms with van der Waals surface area (Å²) in [5, 5.41) is 0. The van der Waals surface area contributed by atoms with Crippen molar-refractivity contribution < 1.29 is 4.74 Å². The molecule has 0 radical (unpaired) electrons. The van der Waals surface area contributed by atoms with E-state index >= 15 is 0 Å². The topological polar surface area (TPSA) is 12.5 Å². The van der Waals surface area contributed by atoms with Crippen LogP contribution in [0.25, 0.3) is 11.1 Å². The van der Waals surface area contributed by atoms with Crippen molar-refractivity contribution in [3.8, 4) is 11.1 Å². The first kappa shape index (κ1) is 8.54. The number of epoxide rings is 1. The fraction of sp³-hybridized carbons (Fsp3) is 0.200. The Bertz CT molecular complexity index is 540. The molecule has 4 rings (SSSR count). The fourth-order valence-electron chi connectivity index (χ4n) is 3.04. The van der Waals surface area contributed by atoms with Crippen LogP contribution in [-0.2, 0) is 10.3 Å². The van der Waals surface area contributed by atoms with Gasteiger partial charge in [-0.15, -0.1) is 0 Å². The summed E-state index contributed by atoms with van der Waals surface area (Å²) in [6, 6.07) is 17.2. The molecule has 78 valence electrons. The molecule has 2 aromatic rings. The van der Waals surface area contributed by atoms with Gasteiger partial charge in [0.05, 0.1) is 6.10 Å². The third-order valence-electron chi connectivity index (χ3n) is 3.82. The molecular weight excluding hydrogens is 196 g/mol. The maximum Gasteiger partial charge on any atom is 0.146 e. The lowest BCUT2D eigenvalue weighted by Crippen LogP contribution is -2.09. The molecule has 0 unspecified atom stereocenters. The molecule has 2 aromatic carbocycles. The Morgan fingerprint density at radius 2 is 1.31 bits per heavy atom. The highest BCUT2D eigenvalue weighted by atomic mass is 16.6. The molecule has 1 aliphatic carbocycles. The van der Waals surface area contributed by atoms with Gasteiger partial charge in [-0.2, -0.15) is 0 Å². The normalized spacial score (nSPS) is 22.9. The Morgan fingerprint density at radius 1 is 0.875 bits per heavy atom. The summed E-state index contributed by atoms with van der Waals surface area (Å²) in [6.45, 7) is 2.15. The second-order valence-corrected chi connectivity index (χ2v) is 4.59. The third-order valence-corrected chi connectivity index (χ3v) is 3.82. The Labute approximate surface area is 94.7 Å². The molecule has 0 amide bonds. The predicted octanol–water partition coefficient (Wildman–Crippen LogP) is 3.33. The van der Waals surface area contributed by atoms with Crippen LogP contribution in [0.3, 0.4) is 0 Å². The zero-order valence-electron chi connectivity index (χ0n) is 9.10. The van der Waals surface area contributed by atoms with Crippen molar-refractivity contribution in [2.75, 3.05) is 0 Å². The van der Waals surface area contributed by atoms with E-state index in [4.69, 9.17) is 4.74 Å². The van der Waals surface area contributed by atoms with Crippen molar-refractivity contribution in [1.29, 1.82) is 0 Å². The van der Waals surface area contributed by atoms with Crippen molar-refractivity contribution in [2.24, 2.45) is 0 Å². The second-order valence-electron chi connectivity index (χ2n) is 4.59. The highest BCUT2D eigenvalue weighted by Gasteiger charge is 2.60. The van der Waals surface area contributed by atoms with Crippen LogP contribution in [0.1, 0.15) is 18.1 Å². The highest BCUT2D eigenvalue weighted by molar-refractivity contribution is 5.81. The number of hydrogen-bond acceptors (Lipinski definition) is 1. The molecule has 1 heterocycles. The molecule has 1 aliphatic heterocycles. The average molecular weight is 208 g/mol. The van der Waals surface area contributed by atoms with Gasteiger partial charge in [0.15, 0.2) is 0 Å². The summed E-state index contributed by atoms with van der Waals surface area (Å²) in [7, 11) is 0. The van der Waals surface area contributed by atoms with Crippen LogP contribution >= 0.6 is 0 Å². The molecule has 0 aromatic heterocycles. The summed E-state index contributed by atoms with van der Waals surface area (Å²) in [4.78, 5) is 0. The molecule has 0 saturated carbocycles. The number of hydrogen-bond donors (Lipinski definition) is 0. The van der Waals surface area contributed by atoms with E-state index in [-0.39, 0.29) is 5.60 Å². The molecule has 1 atom stereocenters. The lowest BCUT2D eigenvalue weighted by Gasteiger charge is -2.06. The van der Waals surface area contributed by atoms with Gasteiger partial charge in [-0.3, -0.25) is 0 Å². The molecule has 0 bridgehead atoms. The first-order valence-electron chi connectivity index (χ1n) is 5.71. The van der Waals surface area contributed by atoms with E-state index in [9.17, 15) is 0 Å². The van der Waals surface area contributed by atoms with Crippen LogP contribution in [0.5, 0.6) is 0 Å². The van der Waals surface area contributed by atoms with Crippen LogP contribution in [0.4, 0.5) is 0 Å². The van der Waals surface area contributed by atoms with Crippen LogP contribution < -0.4 is 0 Å². The van der Waals surface area contributed by atoms with E-state index in [1.807, 2.05) is 0 Å². The number of benzene rings is 2. The van der Waals surface area contributed by atoms with Crippen LogP contribution in [-0.4, -0.2) is 6.10 Å². The molecule has 1 nitrogen and oxygen atoms in total. The third kappa shape index (κ3) is 0.782. The number of fused-ring (bicyclic) bond motifs is 5. The van der Waals surface area contributed by atoms with Gasteiger partial charge >= 0.3 is 0 Å². The molecule has 1 spiro atoms. The van der Waals surface area contributed by atoms with E-state index in [2.05, 4.69) is 55.5 Å². The molecule has 16 heavy (non-hydrogen) atoms. The molecule has 1 saturated heterocycles. The van der Waals surface area contributed by atoms with Gasteiger partial charge in [-0.05, 0) is 29.2 Å². The molecular formula is C15H12O. The Balaban J connectivity index is 2.12. The Kier molecular flexibility index (Phi) is 1.36. The predicted molar refractivity (Wildman–Crippen MR) is 63.2 cm³/mol. The monoisotopic (exact) mass is 208 g/mol. The van der Waals surface area contributed by atoms with Crippen molar-refractivity contribution in [3.05, 3.63) is 59.7 Å². The Hall–Kier alpha value is -1.60. The zero-order chi connectivity index (χ0) is 10.8. The van der Waals surface area contributed by atoms with Gasteiger partial charge in [-0.1, -0.05) is 48.5 Å². The summed E-state index contributed by atoms with van der Waals surface area (Å²) in [5.41, 5.74) is 5.21. The van der Waals surface area contributed by atoms with Gasteiger partial charge in [0.2, 0.25) is 0 Å². The summed E-state index contributed by atoms with van der Waals surface area (Å²) < 4.78 is 5.92. The van der Waals surface area contributed by atoms with Gasteiger partial charge in [0.1, 0.15) is 5.60 Å². The minimum atomic E-state index is -0.132. The van der Waals surface area contributed by atoms with E-state index in [1.54, 1.807) is 0 Å². The largest absolute Gasteiger partial charge is 0.356 e. The lowest BCUT2D eigenvalue weighted by molar-refractivity contribution is 0.336. The van der Waals surface area contributed by atoms with E-state index < -0.39 is 0 Å².